The van der Waals surface area contributed by atoms with Gasteiger partial charge < -0.3 is 19.3 Å². The summed E-state index contributed by atoms with van der Waals surface area (Å²) in [6.07, 6.45) is 8.15. The molecule has 1 aliphatic rings. The van der Waals surface area contributed by atoms with Gasteiger partial charge in [0.15, 0.2) is 11.9 Å². The molecule has 13 heteroatoms. The van der Waals surface area contributed by atoms with Crippen LogP contribution in [0.15, 0.2) is 43.2 Å². The lowest BCUT2D eigenvalue weighted by molar-refractivity contribution is -0.0367. The van der Waals surface area contributed by atoms with E-state index in [2.05, 4.69) is 34.3 Å². The molecule has 3 aromatic heterocycles. The Morgan fingerprint density at radius 3 is 2.79 bits per heavy atom. The zero-order valence-electron chi connectivity index (χ0n) is 23.5. The third-order valence-electron chi connectivity index (χ3n) is 7.08. The van der Waals surface area contributed by atoms with E-state index in [1.54, 1.807) is 54.3 Å². The first-order chi connectivity index (χ1) is 20.3. The van der Waals surface area contributed by atoms with Crippen molar-refractivity contribution in [3.8, 4) is 0 Å². The fraction of sp³-hybridized carbons (Fsp3) is 0.379. The Balaban J connectivity index is 1.32. The van der Waals surface area contributed by atoms with E-state index in [4.69, 9.17) is 31.2 Å². The molecule has 0 spiro atoms. The first kappa shape index (κ1) is 30.4. The molecule has 0 aliphatic carbocycles. The zero-order valence-corrected chi connectivity index (χ0v) is 26.4. The Morgan fingerprint density at radius 2 is 2.10 bits per heavy atom. The van der Waals surface area contributed by atoms with Crippen molar-refractivity contribution in [1.82, 2.24) is 29.4 Å². The van der Waals surface area contributed by atoms with E-state index < -0.39 is 5.82 Å². The van der Waals surface area contributed by atoms with Crippen LogP contribution in [0.25, 0.3) is 17.0 Å². The van der Waals surface area contributed by atoms with Gasteiger partial charge in [-0.2, -0.15) is 10.2 Å². The normalized spacial score (nSPS) is 15.2. The molecular weight excluding hydrogens is 676 g/mol. The van der Waals surface area contributed by atoms with Crippen molar-refractivity contribution < 1.29 is 18.7 Å². The lowest BCUT2D eigenvalue weighted by Crippen LogP contribution is -2.32. The molecule has 222 valence electrons. The number of carbonyl (C=O) groups excluding carboxylic acids is 1. The third kappa shape index (κ3) is 6.61. The van der Waals surface area contributed by atoms with E-state index in [9.17, 15) is 9.18 Å². The third-order valence-corrected chi connectivity index (χ3v) is 8.16. The molecule has 1 fully saturated rings. The summed E-state index contributed by atoms with van der Waals surface area (Å²) in [6, 6.07) is 6.49. The number of benzene rings is 1. The van der Waals surface area contributed by atoms with E-state index in [1.165, 1.54) is 6.07 Å². The van der Waals surface area contributed by atoms with E-state index in [0.29, 0.717) is 50.1 Å². The molecular formula is C29H32ClFIN7O3. The summed E-state index contributed by atoms with van der Waals surface area (Å²) in [7, 11) is 3.50. The van der Waals surface area contributed by atoms with E-state index in [1.807, 2.05) is 15.6 Å². The molecule has 1 aromatic carbocycles. The molecule has 1 aliphatic heterocycles. The number of hydrogen-bond donors (Lipinski definition) is 0. The maximum absolute atomic E-state index is 14.0. The van der Waals surface area contributed by atoms with Crippen LogP contribution in [0.2, 0.25) is 5.02 Å². The molecule has 10 nitrogen and oxygen atoms in total. The quantitative estimate of drug-likeness (QED) is 0.143. The molecule has 1 atom stereocenters. The molecule has 4 aromatic rings. The van der Waals surface area contributed by atoms with E-state index in [0.717, 1.165) is 39.4 Å². The number of aromatic nitrogens is 5. The number of rotatable bonds is 11. The van der Waals surface area contributed by atoms with Crippen LogP contribution >= 0.6 is 34.2 Å². The number of amides is 1. The molecule has 1 saturated heterocycles. The summed E-state index contributed by atoms with van der Waals surface area (Å²) >= 11 is 8.25. The van der Waals surface area contributed by atoms with Crippen LogP contribution in [0.3, 0.4) is 0 Å². The predicted molar refractivity (Wildman–Crippen MR) is 169 cm³/mol. The van der Waals surface area contributed by atoms with Gasteiger partial charge in [-0.3, -0.25) is 9.48 Å². The van der Waals surface area contributed by atoms with Gasteiger partial charge >= 0.3 is 0 Å². The van der Waals surface area contributed by atoms with Crippen LogP contribution in [-0.2, 0) is 16.5 Å². The van der Waals surface area contributed by atoms with Crippen molar-refractivity contribution in [2.24, 2.45) is 7.05 Å². The fourth-order valence-corrected chi connectivity index (χ4v) is 5.77. The van der Waals surface area contributed by atoms with Gasteiger partial charge in [0.2, 0.25) is 0 Å². The summed E-state index contributed by atoms with van der Waals surface area (Å²) in [5, 5.41) is 9.90. The van der Waals surface area contributed by atoms with Crippen molar-refractivity contribution in [2.75, 3.05) is 44.9 Å². The fourth-order valence-electron chi connectivity index (χ4n) is 4.86. The average Bonchev–Trinajstić information content (AvgIpc) is 3.54. The first-order valence-electron chi connectivity index (χ1n) is 13.6. The number of fused-ring (bicyclic) bond motifs is 1. The number of ether oxygens (including phenoxy) is 2. The highest BCUT2D eigenvalue weighted by atomic mass is 127. The highest BCUT2D eigenvalue weighted by Crippen LogP contribution is 2.33. The van der Waals surface area contributed by atoms with Crippen LogP contribution in [-0.4, -0.2) is 75.3 Å². The van der Waals surface area contributed by atoms with Gasteiger partial charge in [-0.25, -0.2) is 14.1 Å². The SMILES string of the molecule is C=Cc1nn(C2CCCCO2)c2cnc(N(CCOCCN(C)C(=O)c3nn(C)cc3I)c3ccc(F)c(Cl)c3)cc12. The largest absolute Gasteiger partial charge is 0.378 e. The van der Waals surface area contributed by atoms with Crippen molar-refractivity contribution >= 4 is 68.6 Å². The van der Waals surface area contributed by atoms with Gasteiger partial charge in [-0.05, 0) is 72.2 Å². The maximum atomic E-state index is 14.0. The number of aryl methyl sites for hydroxylation is 1. The van der Waals surface area contributed by atoms with E-state index >= 15 is 0 Å². The molecule has 0 saturated carbocycles. The minimum atomic E-state index is -0.502. The molecule has 1 unspecified atom stereocenters. The molecule has 0 radical (unpaired) electrons. The zero-order chi connectivity index (χ0) is 29.8. The van der Waals surface area contributed by atoms with Gasteiger partial charge in [0.05, 0.1) is 39.2 Å². The van der Waals surface area contributed by atoms with Crippen LogP contribution in [0.4, 0.5) is 15.9 Å². The van der Waals surface area contributed by atoms with Crippen LogP contribution in [0.5, 0.6) is 0 Å². The van der Waals surface area contributed by atoms with Gasteiger partial charge in [-0.1, -0.05) is 18.2 Å². The lowest BCUT2D eigenvalue weighted by atomic mass is 10.2. The maximum Gasteiger partial charge on any atom is 0.275 e. The molecule has 42 heavy (non-hydrogen) atoms. The average molecular weight is 708 g/mol. The topological polar surface area (TPSA) is 90.5 Å². The molecule has 5 rings (SSSR count). The Hall–Kier alpha value is -3.07. The number of likely N-dealkylation sites (N-methyl/N-ethyl adjacent to an activating group) is 1. The van der Waals surface area contributed by atoms with Crippen LogP contribution < -0.4 is 4.90 Å². The van der Waals surface area contributed by atoms with Gasteiger partial charge in [-0.15, -0.1) is 0 Å². The standard InChI is InChI=1S/C29H32ClFIN7O3/c1-4-24-20-16-26(33-17-25(20)39(34-24)27-7-5-6-12-42-27)38(19-8-9-22(31)21(30)15-19)11-14-41-13-10-36(2)29(40)28-23(32)18-37(3)35-28/h4,8-9,15-18,27H,1,5-7,10-14H2,2-3H3. The first-order valence-corrected chi connectivity index (χ1v) is 15.1. The van der Waals surface area contributed by atoms with Crippen molar-refractivity contribution in [3.05, 3.63) is 69.0 Å². The number of carbonyl (C=O) groups is 1. The van der Waals surface area contributed by atoms with Gasteiger partial charge in [0.25, 0.3) is 5.91 Å². The Kier molecular flexibility index (Phi) is 9.76. The molecule has 4 heterocycles. The number of pyridine rings is 1. The lowest BCUT2D eigenvalue weighted by Gasteiger charge is -2.25. The summed E-state index contributed by atoms with van der Waals surface area (Å²) in [6.45, 7) is 6.09. The summed E-state index contributed by atoms with van der Waals surface area (Å²) in [4.78, 5) is 21.0. The molecule has 0 bridgehead atoms. The highest BCUT2D eigenvalue weighted by Gasteiger charge is 2.23. The second-order valence-electron chi connectivity index (χ2n) is 10.0. The van der Waals surface area contributed by atoms with Gasteiger partial charge in [0, 0.05) is 51.1 Å². The predicted octanol–water partition coefficient (Wildman–Crippen LogP) is 5.83. The minimum absolute atomic E-state index is 0.0119. The van der Waals surface area contributed by atoms with Gasteiger partial charge in [0.1, 0.15) is 11.6 Å². The number of anilines is 2. The van der Waals surface area contributed by atoms with Crippen LogP contribution in [0.1, 0.15) is 41.7 Å². The number of halogens is 3. The smallest absolute Gasteiger partial charge is 0.275 e. The second kappa shape index (κ2) is 13.5. The minimum Gasteiger partial charge on any atom is -0.378 e. The molecule has 0 N–H and O–H groups in total. The summed E-state index contributed by atoms with van der Waals surface area (Å²) in [5.74, 6) is -0.0445. The summed E-state index contributed by atoms with van der Waals surface area (Å²) in [5.41, 5.74) is 2.66. The Bertz CT molecular complexity index is 1590. The monoisotopic (exact) mass is 707 g/mol. The Morgan fingerprint density at radius 1 is 1.29 bits per heavy atom. The van der Waals surface area contributed by atoms with Crippen LogP contribution in [0, 0.1) is 9.39 Å². The number of nitrogens with zero attached hydrogens (tertiary/aromatic N) is 7. The summed E-state index contributed by atoms with van der Waals surface area (Å²) < 4.78 is 30.2. The van der Waals surface area contributed by atoms with Crippen molar-refractivity contribution in [1.29, 1.82) is 0 Å². The van der Waals surface area contributed by atoms with Crippen molar-refractivity contribution in [2.45, 2.75) is 25.5 Å². The Labute approximate surface area is 262 Å². The number of hydrogen-bond acceptors (Lipinski definition) is 7. The van der Waals surface area contributed by atoms with Crippen molar-refractivity contribution in [3.63, 3.8) is 0 Å². The molecule has 1 amide bonds. The van der Waals surface area contributed by atoms with E-state index in [-0.39, 0.29) is 17.2 Å². The highest BCUT2D eigenvalue weighted by molar-refractivity contribution is 14.1. The second-order valence-corrected chi connectivity index (χ2v) is 11.6.